The Bertz CT molecular complexity index is 455. The van der Waals surface area contributed by atoms with Gasteiger partial charge in [0.05, 0.1) is 6.10 Å². The van der Waals surface area contributed by atoms with Crippen molar-refractivity contribution < 1.29 is 5.11 Å². The SMILES string of the molecule is Cc1ccc(C2=CC(O)CC(C)(C)C2)c(C)c1. The second kappa shape index (κ2) is 4.30. The molecule has 1 N–H and O–H groups in total. The molecule has 0 spiro atoms. The summed E-state index contributed by atoms with van der Waals surface area (Å²) in [6.07, 6.45) is 3.65. The highest BCUT2D eigenvalue weighted by atomic mass is 16.3. The van der Waals surface area contributed by atoms with E-state index in [0.717, 1.165) is 12.8 Å². The minimum Gasteiger partial charge on any atom is -0.389 e. The monoisotopic (exact) mass is 230 g/mol. The van der Waals surface area contributed by atoms with Crippen LogP contribution in [0.2, 0.25) is 0 Å². The van der Waals surface area contributed by atoms with Crippen LogP contribution in [0.5, 0.6) is 0 Å². The highest BCUT2D eigenvalue weighted by Crippen LogP contribution is 2.40. The summed E-state index contributed by atoms with van der Waals surface area (Å²) >= 11 is 0. The van der Waals surface area contributed by atoms with Crippen LogP contribution in [-0.2, 0) is 0 Å². The Kier molecular flexibility index (Phi) is 3.13. The van der Waals surface area contributed by atoms with Crippen molar-refractivity contribution in [2.45, 2.75) is 46.6 Å². The zero-order chi connectivity index (χ0) is 12.6. The maximum atomic E-state index is 9.95. The zero-order valence-electron chi connectivity index (χ0n) is 11.2. The predicted octanol–water partition coefficient (Wildman–Crippen LogP) is 3.87. The van der Waals surface area contributed by atoms with E-state index in [2.05, 4.69) is 45.9 Å². The molecule has 0 aromatic heterocycles. The van der Waals surface area contributed by atoms with Gasteiger partial charge in [0.2, 0.25) is 0 Å². The van der Waals surface area contributed by atoms with E-state index in [4.69, 9.17) is 0 Å². The summed E-state index contributed by atoms with van der Waals surface area (Å²) in [4.78, 5) is 0. The quantitative estimate of drug-likeness (QED) is 0.776. The molecule has 1 aromatic rings. The van der Waals surface area contributed by atoms with Gasteiger partial charge >= 0.3 is 0 Å². The fraction of sp³-hybridized carbons (Fsp3) is 0.500. The van der Waals surface area contributed by atoms with E-state index in [1.54, 1.807) is 0 Å². The highest BCUT2D eigenvalue weighted by molar-refractivity contribution is 5.70. The highest BCUT2D eigenvalue weighted by Gasteiger charge is 2.28. The third kappa shape index (κ3) is 2.78. The molecule has 1 heteroatoms. The first-order valence-corrected chi connectivity index (χ1v) is 6.34. The zero-order valence-corrected chi connectivity index (χ0v) is 11.2. The predicted molar refractivity (Wildman–Crippen MR) is 72.9 cm³/mol. The molecule has 1 aliphatic rings. The molecule has 0 bridgehead atoms. The molecule has 2 rings (SSSR count). The molecule has 1 unspecified atom stereocenters. The Morgan fingerprint density at radius 3 is 2.53 bits per heavy atom. The van der Waals surface area contributed by atoms with Crippen molar-refractivity contribution in [2.75, 3.05) is 0 Å². The molecule has 0 fully saturated rings. The van der Waals surface area contributed by atoms with Crippen molar-refractivity contribution in [1.29, 1.82) is 0 Å². The van der Waals surface area contributed by atoms with Crippen LogP contribution in [0.25, 0.3) is 5.57 Å². The summed E-state index contributed by atoms with van der Waals surface area (Å²) in [6.45, 7) is 8.72. The molecule has 0 heterocycles. The number of aryl methyl sites for hydroxylation is 2. The van der Waals surface area contributed by atoms with E-state index in [1.807, 2.05) is 6.08 Å². The van der Waals surface area contributed by atoms with Crippen LogP contribution < -0.4 is 0 Å². The maximum absolute atomic E-state index is 9.95. The van der Waals surface area contributed by atoms with Crippen molar-refractivity contribution in [3.05, 3.63) is 41.0 Å². The molecule has 17 heavy (non-hydrogen) atoms. The molecule has 0 saturated carbocycles. The number of rotatable bonds is 1. The van der Waals surface area contributed by atoms with Gasteiger partial charge in [-0.2, -0.15) is 0 Å². The molecule has 1 aromatic carbocycles. The van der Waals surface area contributed by atoms with Gasteiger partial charge in [-0.05, 0) is 48.8 Å². The Morgan fingerprint density at radius 1 is 1.24 bits per heavy atom. The van der Waals surface area contributed by atoms with Crippen LogP contribution in [0.3, 0.4) is 0 Å². The smallest absolute Gasteiger partial charge is 0.0732 e. The molecular weight excluding hydrogens is 208 g/mol. The van der Waals surface area contributed by atoms with Gasteiger partial charge in [-0.15, -0.1) is 0 Å². The Balaban J connectivity index is 2.39. The van der Waals surface area contributed by atoms with Crippen LogP contribution in [0.4, 0.5) is 0 Å². The van der Waals surface area contributed by atoms with E-state index in [9.17, 15) is 5.11 Å². The maximum Gasteiger partial charge on any atom is 0.0732 e. The normalized spacial score (nSPS) is 23.4. The Morgan fingerprint density at radius 2 is 1.94 bits per heavy atom. The lowest BCUT2D eigenvalue weighted by Gasteiger charge is -2.33. The van der Waals surface area contributed by atoms with Crippen molar-refractivity contribution >= 4 is 5.57 Å². The third-order valence-electron chi connectivity index (χ3n) is 3.55. The lowest BCUT2D eigenvalue weighted by molar-refractivity contribution is 0.146. The standard InChI is InChI=1S/C16H22O/c1-11-5-6-15(12(2)7-11)13-8-14(17)10-16(3,4)9-13/h5-8,14,17H,9-10H2,1-4H3. The molecule has 92 valence electrons. The van der Waals surface area contributed by atoms with Crippen LogP contribution in [0, 0.1) is 19.3 Å². The van der Waals surface area contributed by atoms with Crippen molar-refractivity contribution in [3.8, 4) is 0 Å². The van der Waals surface area contributed by atoms with Gasteiger partial charge < -0.3 is 5.11 Å². The largest absolute Gasteiger partial charge is 0.389 e. The minimum atomic E-state index is -0.297. The molecule has 1 nitrogen and oxygen atoms in total. The van der Waals surface area contributed by atoms with E-state index >= 15 is 0 Å². The Labute approximate surface area is 104 Å². The summed E-state index contributed by atoms with van der Waals surface area (Å²) in [5.74, 6) is 0. The van der Waals surface area contributed by atoms with Gasteiger partial charge in [0.1, 0.15) is 0 Å². The van der Waals surface area contributed by atoms with E-state index in [0.29, 0.717) is 0 Å². The molecule has 0 aliphatic heterocycles. The molecule has 0 radical (unpaired) electrons. The number of benzene rings is 1. The van der Waals surface area contributed by atoms with Gasteiger partial charge in [-0.25, -0.2) is 0 Å². The molecule has 1 atom stereocenters. The van der Waals surface area contributed by atoms with Crippen LogP contribution in [0.15, 0.2) is 24.3 Å². The molecule has 1 aliphatic carbocycles. The van der Waals surface area contributed by atoms with Gasteiger partial charge in [0.25, 0.3) is 0 Å². The number of hydrogen-bond acceptors (Lipinski definition) is 1. The second-order valence-electron chi connectivity index (χ2n) is 6.12. The van der Waals surface area contributed by atoms with Gasteiger partial charge in [0.15, 0.2) is 0 Å². The van der Waals surface area contributed by atoms with Crippen molar-refractivity contribution in [3.63, 3.8) is 0 Å². The first-order valence-electron chi connectivity index (χ1n) is 6.34. The molecule has 0 amide bonds. The van der Waals surface area contributed by atoms with Gasteiger partial charge in [-0.1, -0.05) is 43.7 Å². The van der Waals surface area contributed by atoms with E-state index in [1.165, 1.54) is 22.3 Å². The fourth-order valence-corrected chi connectivity index (χ4v) is 2.86. The lowest BCUT2D eigenvalue weighted by Crippen LogP contribution is -2.24. The Hall–Kier alpha value is -1.08. The topological polar surface area (TPSA) is 20.2 Å². The van der Waals surface area contributed by atoms with Crippen molar-refractivity contribution in [2.24, 2.45) is 5.41 Å². The first kappa shape index (κ1) is 12.4. The van der Waals surface area contributed by atoms with E-state index in [-0.39, 0.29) is 11.5 Å². The van der Waals surface area contributed by atoms with Gasteiger partial charge in [-0.3, -0.25) is 0 Å². The van der Waals surface area contributed by atoms with E-state index < -0.39 is 0 Å². The lowest BCUT2D eigenvalue weighted by atomic mass is 9.74. The summed E-state index contributed by atoms with van der Waals surface area (Å²) in [5.41, 5.74) is 5.39. The summed E-state index contributed by atoms with van der Waals surface area (Å²) in [5, 5.41) is 9.95. The minimum absolute atomic E-state index is 0.195. The van der Waals surface area contributed by atoms with Crippen molar-refractivity contribution in [1.82, 2.24) is 0 Å². The van der Waals surface area contributed by atoms with Crippen LogP contribution >= 0.6 is 0 Å². The third-order valence-corrected chi connectivity index (χ3v) is 3.55. The first-order chi connectivity index (χ1) is 7.87. The van der Waals surface area contributed by atoms with Crippen LogP contribution in [-0.4, -0.2) is 11.2 Å². The average Bonchev–Trinajstić information content (AvgIpc) is 2.13. The van der Waals surface area contributed by atoms with Gasteiger partial charge in [0, 0.05) is 0 Å². The second-order valence-corrected chi connectivity index (χ2v) is 6.12. The summed E-state index contributed by atoms with van der Waals surface area (Å²) in [6, 6.07) is 6.55. The molecular formula is C16H22O. The summed E-state index contributed by atoms with van der Waals surface area (Å²) in [7, 11) is 0. The number of aliphatic hydroxyl groups is 1. The summed E-state index contributed by atoms with van der Waals surface area (Å²) < 4.78 is 0. The average molecular weight is 230 g/mol. The van der Waals surface area contributed by atoms with Crippen LogP contribution in [0.1, 0.15) is 43.4 Å². The fourth-order valence-electron chi connectivity index (χ4n) is 2.86. The number of allylic oxidation sites excluding steroid dienone is 1. The molecule has 0 saturated heterocycles. The number of aliphatic hydroxyl groups excluding tert-OH is 1. The number of hydrogen-bond donors (Lipinski definition) is 1.